The van der Waals surface area contributed by atoms with Crippen LogP contribution in [-0.2, 0) is 11.3 Å². The lowest BCUT2D eigenvalue weighted by Crippen LogP contribution is -2.41. The van der Waals surface area contributed by atoms with E-state index in [9.17, 15) is 14.4 Å². The molecule has 19 heavy (non-hydrogen) atoms. The van der Waals surface area contributed by atoms with Gasteiger partial charge in [0.05, 0.1) is 4.47 Å². The number of carbonyl (C=O) groups is 1. The van der Waals surface area contributed by atoms with Crippen molar-refractivity contribution < 1.29 is 4.79 Å². The standard InChI is InChI=1S/C12H16BrN3O3/c13-9-6-16(12(19)15-11(9)18)7-10(17)14-8-4-2-1-3-5-8/h6,8H,1-5,7H2,(H,14,17)(H,15,18,19). The van der Waals surface area contributed by atoms with Crippen molar-refractivity contribution in [1.29, 1.82) is 0 Å². The lowest BCUT2D eigenvalue weighted by Gasteiger charge is -2.22. The Morgan fingerprint density at radius 3 is 2.74 bits per heavy atom. The number of H-pyrrole nitrogens is 1. The van der Waals surface area contributed by atoms with Crippen LogP contribution in [0.25, 0.3) is 0 Å². The van der Waals surface area contributed by atoms with Crippen molar-refractivity contribution in [3.8, 4) is 0 Å². The molecule has 0 bridgehead atoms. The molecule has 0 spiro atoms. The van der Waals surface area contributed by atoms with Crippen molar-refractivity contribution in [3.05, 3.63) is 31.5 Å². The molecule has 0 atom stereocenters. The van der Waals surface area contributed by atoms with Gasteiger partial charge < -0.3 is 5.32 Å². The van der Waals surface area contributed by atoms with Gasteiger partial charge in [-0.3, -0.25) is 19.1 Å². The van der Waals surface area contributed by atoms with Gasteiger partial charge in [0.1, 0.15) is 6.54 Å². The second kappa shape index (κ2) is 6.18. The van der Waals surface area contributed by atoms with Gasteiger partial charge >= 0.3 is 5.69 Å². The SMILES string of the molecule is O=C(Cn1cc(Br)c(=O)[nH]c1=O)NC1CCCCC1. The average molecular weight is 330 g/mol. The van der Waals surface area contributed by atoms with E-state index in [0.717, 1.165) is 25.7 Å². The van der Waals surface area contributed by atoms with E-state index in [4.69, 9.17) is 0 Å². The van der Waals surface area contributed by atoms with E-state index in [1.54, 1.807) is 0 Å². The van der Waals surface area contributed by atoms with Crippen LogP contribution >= 0.6 is 15.9 Å². The van der Waals surface area contributed by atoms with Crippen molar-refractivity contribution in [2.75, 3.05) is 0 Å². The number of halogens is 1. The van der Waals surface area contributed by atoms with Crippen LogP contribution in [0.1, 0.15) is 32.1 Å². The van der Waals surface area contributed by atoms with E-state index in [-0.39, 0.29) is 23.0 Å². The Hall–Kier alpha value is -1.37. The number of nitrogens with zero attached hydrogens (tertiary/aromatic N) is 1. The van der Waals surface area contributed by atoms with Gasteiger partial charge in [-0.15, -0.1) is 0 Å². The van der Waals surface area contributed by atoms with Crippen molar-refractivity contribution in [3.63, 3.8) is 0 Å². The predicted molar refractivity (Wildman–Crippen MR) is 74.0 cm³/mol. The Kier molecular flexibility index (Phi) is 4.57. The highest BCUT2D eigenvalue weighted by Crippen LogP contribution is 2.17. The number of aromatic nitrogens is 2. The third-order valence-electron chi connectivity index (χ3n) is 3.25. The van der Waals surface area contributed by atoms with Crippen LogP contribution < -0.4 is 16.6 Å². The van der Waals surface area contributed by atoms with Gasteiger partial charge in [-0.05, 0) is 28.8 Å². The van der Waals surface area contributed by atoms with E-state index in [1.165, 1.54) is 17.2 Å². The molecule has 104 valence electrons. The molecule has 1 aromatic heterocycles. The van der Waals surface area contributed by atoms with E-state index in [1.807, 2.05) is 0 Å². The molecule has 6 nitrogen and oxygen atoms in total. The van der Waals surface area contributed by atoms with E-state index >= 15 is 0 Å². The van der Waals surface area contributed by atoms with E-state index in [0.29, 0.717) is 0 Å². The lowest BCUT2D eigenvalue weighted by atomic mass is 9.95. The zero-order chi connectivity index (χ0) is 13.8. The molecular weight excluding hydrogens is 314 g/mol. The molecule has 1 aliphatic carbocycles. The highest BCUT2D eigenvalue weighted by Gasteiger charge is 2.16. The minimum atomic E-state index is -0.577. The molecule has 7 heteroatoms. The first-order valence-corrected chi connectivity index (χ1v) is 7.14. The number of hydrogen-bond donors (Lipinski definition) is 2. The first kappa shape index (κ1) is 14.0. The van der Waals surface area contributed by atoms with Gasteiger partial charge in [-0.25, -0.2) is 4.79 Å². The molecule has 1 aromatic rings. The number of rotatable bonds is 3. The summed E-state index contributed by atoms with van der Waals surface area (Å²) >= 11 is 3.03. The Labute approximate surface area is 118 Å². The molecular formula is C12H16BrN3O3. The molecule has 1 aliphatic rings. The minimum Gasteiger partial charge on any atom is -0.352 e. The highest BCUT2D eigenvalue weighted by molar-refractivity contribution is 9.10. The molecule has 1 fully saturated rings. The first-order chi connectivity index (χ1) is 9.06. The predicted octanol–water partition coefficient (Wildman–Crippen LogP) is 0.748. The van der Waals surface area contributed by atoms with Crippen LogP contribution in [0, 0.1) is 0 Å². The summed E-state index contributed by atoms with van der Waals surface area (Å²) in [5, 5.41) is 2.92. The molecule has 0 aromatic carbocycles. The molecule has 2 N–H and O–H groups in total. The summed E-state index contributed by atoms with van der Waals surface area (Å²) in [6, 6.07) is 0.211. The summed E-state index contributed by atoms with van der Waals surface area (Å²) in [5.74, 6) is -0.201. The largest absolute Gasteiger partial charge is 0.352 e. The molecule has 0 unspecified atom stereocenters. The number of amides is 1. The Balaban J connectivity index is 2.00. The van der Waals surface area contributed by atoms with E-state index < -0.39 is 11.2 Å². The molecule has 1 amide bonds. The van der Waals surface area contributed by atoms with Gasteiger partial charge in [0, 0.05) is 12.2 Å². The number of hydrogen-bond acceptors (Lipinski definition) is 3. The maximum atomic E-state index is 11.9. The van der Waals surface area contributed by atoms with Crippen molar-refractivity contribution >= 4 is 21.8 Å². The molecule has 0 aliphatic heterocycles. The average Bonchev–Trinajstić information content (AvgIpc) is 2.37. The molecule has 1 heterocycles. The van der Waals surface area contributed by atoms with Crippen molar-refractivity contribution in [2.45, 2.75) is 44.7 Å². The summed E-state index contributed by atoms with van der Waals surface area (Å²) < 4.78 is 1.42. The Bertz CT molecular complexity index is 572. The Morgan fingerprint density at radius 1 is 1.37 bits per heavy atom. The lowest BCUT2D eigenvalue weighted by molar-refractivity contribution is -0.122. The van der Waals surface area contributed by atoms with Gasteiger partial charge in [-0.1, -0.05) is 19.3 Å². The topological polar surface area (TPSA) is 84.0 Å². The second-order valence-electron chi connectivity index (χ2n) is 4.77. The number of aromatic amines is 1. The molecule has 1 saturated carbocycles. The van der Waals surface area contributed by atoms with Crippen LogP contribution in [0.4, 0.5) is 0 Å². The van der Waals surface area contributed by atoms with Gasteiger partial charge in [0.25, 0.3) is 5.56 Å². The maximum absolute atomic E-state index is 11.9. The van der Waals surface area contributed by atoms with E-state index in [2.05, 4.69) is 26.2 Å². The third-order valence-corrected chi connectivity index (χ3v) is 3.82. The van der Waals surface area contributed by atoms with Gasteiger partial charge in [0.15, 0.2) is 0 Å². The summed E-state index contributed by atoms with van der Waals surface area (Å²) in [4.78, 5) is 36.7. The molecule has 0 saturated heterocycles. The van der Waals surface area contributed by atoms with Crippen molar-refractivity contribution in [1.82, 2.24) is 14.9 Å². The number of carbonyl (C=O) groups excluding carboxylic acids is 1. The smallest absolute Gasteiger partial charge is 0.328 e. The van der Waals surface area contributed by atoms with Gasteiger partial charge in [0.2, 0.25) is 5.91 Å². The quantitative estimate of drug-likeness (QED) is 0.858. The molecule has 0 radical (unpaired) electrons. The number of nitrogens with one attached hydrogen (secondary N) is 2. The molecule has 2 rings (SSSR count). The normalized spacial score (nSPS) is 16.3. The van der Waals surface area contributed by atoms with Crippen molar-refractivity contribution in [2.24, 2.45) is 0 Å². The summed E-state index contributed by atoms with van der Waals surface area (Å²) in [6.45, 7) is -0.0787. The highest BCUT2D eigenvalue weighted by atomic mass is 79.9. The fraction of sp³-hybridized carbons (Fsp3) is 0.583. The third kappa shape index (κ3) is 3.79. The monoisotopic (exact) mass is 329 g/mol. The first-order valence-electron chi connectivity index (χ1n) is 6.35. The zero-order valence-corrected chi connectivity index (χ0v) is 12.0. The summed E-state index contributed by atoms with van der Waals surface area (Å²) in [7, 11) is 0. The van der Waals surface area contributed by atoms with Crippen LogP contribution in [0.2, 0.25) is 0 Å². The zero-order valence-electron chi connectivity index (χ0n) is 10.4. The maximum Gasteiger partial charge on any atom is 0.328 e. The van der Waals surface area contributed by atoms with Gasteiger partial charge in [-0.2, -0.15) is 0 Å². The fourth-order valence-electron chi connectivity index (χ4n) is 2.28. The Morgan fingerprint density at radius 2 is 2.05 bits per heavy atom. The summed E-state index contributed by atoms with van der Waals surface area (Å²) in [6.07, 6.45) is 6.82. The van der Waals surface area contributed by atoms with Crippen LogP contribution in [0.3, 0.4) is 0 Å². The van der Waals surface area contributed by atoms with Crippen LogP contribution in [0.15, 0.2) is 20.3 Å². The fourth-order valence-corrected chi connectivity index (χ4v) is 2.62. The minimum absolute atomic E-state index is 0.0787. The van der Waals surface area contributed by atoms with Crippen LogP contribution in [0.5, 0.6) is 0 Å². The van der Waals surface area contributed by atoms with Crippen LogP contribution in [-0.4, -0.2) is 21.5 Å². The second-order valence-corrected chi connectivity index (χ2v) is 5.62. The summed E-state index contributed by atoms with van der Waals surface area (Å²) in [5.41, 5.74) is -1.07.